The Bertz CT molecular complexity index is 495. The van der Waals surface area contributed by atoms with Gasteiger partial charge in [-0.15, -0.1) is 0 Å². The van der Waals surface area contributed by atoms with Crippen molar-refractivity contribution in [3.05, 3.63) is 35.4 Å². The van der Waals surface area contributed by atoms with Crippen LogP contribution in [0.25, 0.3) is 0 Å². The summed E-state index contributed by atoms with van der Waals surface area (Å²) in [6.07, 6.45) is 8.47. The molecule has 0 spiro atoms. The van der Waals surface area contributed by atoms with Gasteiger partial charge in [0.2, 0.25) is 0 Å². The van der Waals surface area contributed by atoms with Crippen LogP contribution in [0, 0.1) is 0 Å². The fraction of sp³-hybridized carbons (Fsp3) is 0.579. The number of nitrogens with zero attached hydrogens (tertiary/aromatic N) is 1. The molecular weight excluding hydrogens is 306 g/mol. The van der Waals surface area contributed by atoms with Crippen molar-refractivity contribution in [1.29, 1.82) is 0 Å². The first-order chi connectivity index (χ1) is 11.3. The smallest absolute Gasteiger partial charge is 0.261 e. The second kappa shape index (κ2) is 9.76. The molecule has 0 fully saturated rings. The van der Waals surface area contributed by atoms with Crippen LogP contribution >= 0.6 is 11.8 Å². The lowest BCUT2D eigenvalue weighted by Crippen LogP contribution is -2.30. The second-order valence-electron chi connectivity index (χ2n) is 6.04. The number of fused-ring (bicyclic) bond motifs is 1. The van der Waals surface area contributed by atoms with Crippen LogP contribution in [-0.2, 0) is 0 Å². The van der Waals surface area contributed by atoms with E-state index in [1.54, 1.807) is 12.1 Å². The Morgan fingerprint density at radius 3 is 1.96 bits per heavy atom. The number of amides is 2. The van der Waals surface area contributed by atoms with Gasteiger partial charge in [0.15, 0.2) is 0 Å². The first-order valence-electron chi connectivity index (χ1n) is 8.78. The highest BCUT2D eigenvalue weighted by Crippen LogP contribution is 2.22. The number of carbonyl (C=O) groups excluding carboxylic acids is 2. The van der Waals surface area contributed by atoms with Crippen LogP contribution in [0.4, 0.5) is 0 Å². The molecule has 0 aromatic heterocycles. The number of rotatable bonds is 11. The summed E-state index contributed by atoms with van der Waals surface area (Å²) in [5.41, 5.74) is 1.11. The number of hydrogen-bond acceptors (Lipinski definition) is 3. The Kier molecular flexibility index (Phi) is 7.66. The van der Waals surface area contributed by atoms with Crippen molar-refractivity contribution in [2.24, 2.45) is 0 Å². The molecule has 1 aromatic carbocycles. The van der Waals surface area contributed by atoms with E-state index in [1.807, 2.05) is 23.9 Å². The lowest BCUT2D eigenvalue weighted by Gasteiger charge is -2.13. The molecule has 1 aliphatic heterocycles. The highest BCUT2D eigenvalue weighted by molar-refractivity contribution is 7.99. The molecule has 1 aromatic rings. The molecule has 0 bridgehead atoms. The van der Waals surface area contributed by atoms with E-state index in [9.17, 15) is 9.59 Å². The topological polar surface area (TPSA) is 37.4 Å². The van der Waals surface area contributed by atoms with Gasteiger partial charge in [0.05, 0.1) is 11.1 Å². The highest BCUT2D eigenvalue weighted by atomic mass is 32.2. The first-order valence-corrected chi connectivity index (χ1v) is 9.94. The van der Waals surface area contributed by atoms with Gasteiger partial charge in [0.25, 0.3) is 11.8 Å². The summed E-state index contributed by atoms with van der Waals surface area (Å²) in [5, 5.41) is 0. The normalized spacial score (nSPS) is 13.7. The summed E-state index contributed by atoms with van der Waals surface area (Å²) in [4.78, 5) is 25.8. The molecular formula is C19H27NO2S. The summed E-state index contributed by atoms with van der Waals surface area (Å²) in [5.74, 6) is 2.19. The van der Waals surface area contributed by atoms with Gasteiger partial charge in [0, 0.05) is 6.54 Å². The Hall–Kier alpha value is -1.29. The van der Waals surface area contributed by atoms with Gasteiger partial charge < -0.3 is 0 Å². The van der Waals surface area contributed by atoms with Crippen molar-refractivity contribution in [2.75, 3.05) is 18.1 Å². The van der Waals surface area contributed by atoms with E-state index in [2.05, 4.69) is 6.92 Å². The molecule has 4 heteroatoms. The van der Waals surface area contributed by atoms with Crippen LogP contribution in [-0.4, -0.2) is 34.8 Å². The predicted molar refractivity (Wildman–Crippen MR) is 97.1 cm³/mol. The molecule has 126 valence electrons. The van der Waals surface area contributed by atoms with Gasteiger partial charge in [-0.3, -0.25) is 14.5 Å². The maximum Gasteiger partial charge on any atom is 0.261 e. The van der Waals surface area contributed by atoms with E-state index in [0.29, 0.717) is 17.7 Å². The molecule has 0 N–H and O–H groups in total. The molecule has 0 atom stereocenters. The van der Waals surface area contributed by atoms with Crippen LogP contribution in [0.15, 0.2) is 24.3 Å². The minimum Gasteiger partial charge on any atom is -0.274 e. The van der Waals surface area contributed by atoms with Crippen molar-refractivity contribution < 1.29 is 9.59 Å². The summed E-state index contributed by atoms with van der Waals surface area (Å²) in [6.45, 7) is 2.79. The molecule has 3 nitrogen and oxygen atoms in total. The number of carbonyl (C=O) groups is 2. The van der Waals surface area contributed by atoms with E-state index in [1.165, 1.54) is 48.5 Å². The van der Waals surface area contributed by atoms with Gasteiger partial charge in [-0.05, 0) is 42.9 Å². The number of benzene rings is 1. The van der Waals surface area contributed by atoms with E-state index in [-0.39, 0.29) is 11.8 Å². The van der Waals surface area contributed by atoms with Crippen molar-refractivity contribution in [1.82, 2.24) is 4.90 Å². The number of imide groups is 1. The Labute approximate surface area is 143 Å². The number of hydrogen-bond donors (Lipinski definition) is 0. The summed E-state index contributed by atoms with van der Waals surface area (Å²) >= 11 is 2.03. The average molecular weight is 333 g/mol. The molecule has 1 heterocycles. The second-order valence-corrected chi connectivity index (χ2v) is 7.27. The Morgan fingerprint density at radius 1 is 0.826 bits per heavy atom. The molecule has 0 saturated heterocycles. The van der Waals surface area contributed by atoms with Crippen LogP contribution < -0.4 is 0 Å². The molecule has 2 amide bonds. The SMILES string of the molecule is CCCCCCSCCCCCN1C(=O)c2ccccc2C1=O. The highest BCUT2D eigenvalue weighted by Gasteiger charge is 2.34. The third-order valence-corrected chi connectivity index (χ3v) is 5.35. The molecule has 0 radical (unpaired) electrons. The van der Waals surface area contributed by atoms with Gasteiger partial charge in [-0.1, -0.05) is 44.7 Å². The Balaban J connectivity index is 1.57. The molecule has 0 unspecified atom stereocenters. The summed E-state index contributed by atoms with van der Waals surface area (Å²) in [6, 6.07) is 7.10. The monoisotopic (exact) mass is 333 g/mol. The van der Waals surface area contributed by atoms with E-state index in [0.717, 1.165) is 12.8 Å². The van der Waals surface area contributed by atoms with Crippen LogP contribution in [0.2, 0.25) is 0 Å². The van der Waals surface area contributed by atoms with Crippen molar-refractivity contribution in [3.8, 4) is 0 Å². The zero-order valence-corrected chi connectivity index (χ0v) is 14.9. The third-order valence-electron chi connectivity index (χ3n) is 4.19. The summed E-state index contributed by atoms with van der Waals surface area (Å²) < 4.78 is 0. The van der Waals surface area contributed by atoms with Crippen molar-refractivity contribution in [2.45, 2.75) is 51.9 Å². The van der Waals surface area contributed by atoms with Crippen molar-refractivity contribution in [3.63, 3.8) is 0 Å². The van der Waals surface area contributed by atoms with Gasteiger partial charge in [-0.2, -0.15) is 11.8 Å². The van der Waals surface area contributed by atoms with Gasteiger partial charge >= 0.3 is 0 Å². The quantitative estimate of drug-likeness (QED) is 0.432. The van der Waals surface area contributed by atoms with Gasteiger partial charge in [0.1, 0.15) is 0 Å². The van der Waals surface area contributed by atoms with E-state index in [4.69, 9.17) is 0 Å². The molecule has 0 aliphatic carbocycles. The standard InChI is InChI=1S/C19H27NO2S/c1-2-3-4-9-14-23-15-10-5-8-13-20-18(21)16-11-6-7-12-17(16)19(20)22/h6-7,11-12H,2-5,8-10,13-15H2,1H3. The molecule has 0 saturated carbocycles. The third kappa shape index (κ3) is 5.10. The van der Waals surface area contributed by atoms with Crippen molar-refractivity contribution >= 4 is 23.6 Å². The Morgan fingerprint density at radius 2 is 1.39 bits per heavy atom. The van der Waals surface area contributed by atoms with Crippen LogP contribution in [0.3, 0.4) is 0 Å². The average Bonchev–Trinajstić information content (AvgIpc) is 2.81. The number of thioether (sulfide) groups is 1. The lowest BCUT2D eigenvalue weighted by molar-refractivity contribution is 0.0651. The first kappa shape index (κ1) is 18.1. The lowest BCUT2D eigenvalue weighted by atomic mass is 10.1. The maximum absolute atomic E-state index is 12.2. The zero-order valence-electron chi connectivity index (χ0n) is 14.1. The minimum atomic E-state index is -0.129. The predicted octanol–water partition coefficient (Wildman–Crippen LogP) is 4.77. The van der Waals surface area contributed by atoms with Gasteiger partial charge in [-0.25, -0.2) is 0 Å². The zero-order chi connectivity index (χ0) is 16.5. The van der Waals surface area contributed by atoms with Crippen LogP contribution in [0.1, 0.15) is 72.6 Å². The molecule has 2 rings (SSSR count). The minimum absolute atomic E-state index is 0.129. The fourth-order valence-corrected chi connectivity index (χ4v) is 3.85. The number of unbranched alkanes of at least 4 members (excludes halogenated alkanes) is 5. The largest absolute Gasteiger partial charge is 0.274 e. The van der Waals surface area contributed by atoms with E-state index >= 15 is 0 Å². The summed E-state index contributed by atoms with van der Waals surface area (Å²) in [7, 11) is 0. The van der Waals surface area contributed by atoms with Crippen LogP contribution in [0.5, 0.6) is 0 Å². The van der Waals surface area contributed by atoms with E-state index < -0.39 is 0 Å². The molecule has 1 aliphatic rings. The fourth-order valence-electron chi connectivity index (χ4n) is 2.83. The maximum atomic E-state index is 12.2. The molecule has 23 heavy (non-hydrogen) atoms.